The minimum atomic E-state index is -0.389. The number of hydrogen-bond donors (Lipinski definition) is 0. The van der Waals surface area contributed by atoms with E-state index in [4.69, 9.17) is 4.74 Å². The van der Waals surface area contributed by atoms with Gasteiger partial charge in [-0.2, -0.15) is 0 Å². The van der Waals surface area contributed by atoms with Crippen LogP contribution in [0.4, 0.5) is 0 Å². The number of ether oxygens (including phenoxy) is 1. The number of halogens is 1. The molecule has 3 nitrogen and oxygen atoms in total. The first-order valence-electron chi connectivity index (χ1n) is 4.12. The van der Waals surface area contributed by atoms with Crippen LogP contribution in [-0.2, 0) is 9.59 Å². The van der Waals surface area contributed by atoms with Gasteiger partial charge in [-0.25, -0.2) is 0 Å². The Labute approximate surface area is 90.2 Å². The highest BCUT2D eigenvalue weighted by Gasteiger charge is 2.03. The fraction of sp³-hybridized carbons (Fsp3) is 0.200. The topological polar surface area (TPSA) is 43.4 Å². The van der Waals surface area contributed by atoms with E-state index in [1.54, 1.807) is 24.3 Å². The Balaban J connectivity index is 2.47. The van der Waals surface area contributed by atoms with Crippen LogP contribution in [0.15, 0.2) is 28.7 Å². The molecule has 4 heteroatoms. The zero-order valence-corrected chi connectivity index (χ0v) is 8.99. The average molecular weight is 257 g/mol. The Kier molecular flexibility index (Phi) is 4.32. The molecule has 0 saturated carbocycles. The van der Waals surface area contributed by atoms with Crippen molar-refractivity contribution in [2.24, 2.45) is 0 Å². The Morgan fingerprint density at radius 2 is 2.00 bits per heavy atom. The number of carbonyl (C=O) groups is 2. The average Bonchev–Trinajstić information content (AvgIpc) is 2.18. The minimum Gasteiger partial charge on any atom is -0.427 e. The van der Waals surface area contributed by atoms with Gasteiger partial charge in [0.1, 0.15) is 12.0 Å². The molecule has 0 saturated heterocycles. The molecule has 0 heterocycles. The molecule has 0 aliphatic heterocycles. The van der Waals surface area contributed by atoms with Crippen LogP contribution in [0, 0.1) is 0 Å². The second kappa shape index (κ2) is 5.54. The fourth-order valence-electron chi connectivity index (χ4n) is 0.862. The lowest BCUT2D eigenvalue weighted by Crippen LogP contribution is -2.07. The number of hydrogen-bond acceptors (Lipinski definition) is 3. The highest BCUT2D eigenvalue weighted by atomic mass is 79.9. The van der Waals surface area contributed by atoms with Crippen LogP contribution in [0.1, 0.15) is 12.8 Å². The van der Waals surface area contributed by atoms with Gasteiger partial charge < -0.3 is 9.53 Å². The summed E-state index contributed by atoms with van der Waals surface area (Å²) in [6.45, 7) is 0. The Hall–Kier alpha value is -1.16. The van der Waals surface area contributed by atoms with E-state index in [0.29, 0.717) is 12.0 Å². The SMILES string of the molecule is O=CCCC(=O)Oc1ccc(Br)cc1. The van der Waals surface area contributed by atoms with Crippen molar-refractivity contribution in [1.29, 1.82) is 0 Å². The van der Waals surface area contributed by atoms with Gasteiger partial charge in [0.2, 0.25) is 0 Å². The number of esters is 1. The van der Waals surface area contributed by atoms with Crippen molar-refractivity contribution in [3.05, 3.63) is 28.7 Å². The molecule has 0 fully saturated rings. The smallest absolute Gasteiger partial charge is 0.311 e. The monoisotopic (exact) mass is 256 g/mol. The third-order valence-corrected chi connectivity index (χ3v) is 2.04. The summed E-state index contributed by atoms with van der Waals surface area (Å²) >= 11 is 3.27. The van der Waals surface area contributed by atoms with Crippen molar-refractivity contribution in [1.82, 2.24) is 0 Å². The first kappa shape index (κ1) is 10.9. The van der Waals surface area contributed by atoms with Crippen LogP contribution in [0.5, 0.6) is 5.75 Å². The van der Waals surface area contributed by atoms with E-state index >= 15 is 0 Å². The van der Waals surface area contributed by atoms with Crippen molar-refractivity contribution in [2.75, 3.05) is 0 Å². The van der Waals surface area contributed by atoms with Gasteiger partial charge in [-0.05, 0) is 24.3 Å². The van der Waals surface area contributed by atoms with E-state index in [-0.39, 0.29) is 18.8 Å². The van der Waals surface area contributed by atoms with E-state index < -0.39 is 0 Å². The summed E-state index contributed by atoms with van der Waals surface area (Å²) < 4.78 is 5.87. The second-order valence-corrected chi connectivity index (χ2v) is 3.55. The molecule has 0 atom stereocenters. The first-order valence-corrected chi connectivity index (χ1v) is 4.91. The molecule has 14 heavy (non-hydrogen) atoms. The van der Waals surface area contributed by atoms with Crippen LogP contribution < -0.4 is 4.74 Å². The third kappa shape index (κ3) is 3.70. The molecular weight excluding hydrogens is 248 g/mol. The molecule has 0 bridgehead atoms. The lowest BCUT2D eigenvalue weighted by atomic mass is 10.3. The largest absolute Gasteiger partial charge is 0.427 e. The zero-order valence-electron chi connectivity index (χ0n) is 7.40. The van der Waals surface area contributed by atoms with E-state index in [1.807, 2.05) is 0 Å². The summed E-state index contributed by atoms with van der Waals surface area (Å²) in [6.07, 6.45) is 1.03. The Bertz CT molecular complexity index is 319. The highest BCUT2D eigenvalue weighted by molar-refractivity contribution is 9.10. The predicted molar refractivity (Wildman–Crippen MR) is 55.1 cm³/mol. The molecule has 0 spiro atoms. The molecule has 0 aliphatic carbocycles. The van der Waals surface area contributed by atoms with Crippen molar-refractivity contribution in [3.63, 3.8) is 0 Å². The van der Waals surface area contributed by atoms with E-state index in [0.717, 1.165) is 4.47 Å². The van der Waals surface area contributed by atoms with Crippen LogP contribution in [0.3, 0.4) is 0 Å². The molecule has 1 aromatic carbocycles. The molecule has 0 unspecified atom stereocenters. The van der Waals surface area contributed by atoms with E-state index in [1.165, 1.54) is 0 Å². The van der Waals surface area contributed by atoms with E-state index in [9.17, 15) is 9.59 Å². The number of carbonyl (C=O) groups excluding carboxylic acids is 2. The van der Waals surface area contributed by atoms with Gasteiger partial charge in [0.25, 0.3) is 0 Å². The summed E-state index contributed by atoms with van der Waals surface area (Å²) in [4.78, 5) is 21.1. The maximum absolute atomic E-state index is 11.1. The number of benzene rings is 1. The van der Waals surface area contributed by atoms with Gasteiger partial charge in [0, 0.05) is 10.9 Å². The molecular formula is C10H9BrO3. The Morgan fingerprint density at radius 3 is 2.57 bits per heavy atom. The zero-order chi connectivity index (χ0) is 10.4. The highest BCUT2D eigenvalue weighted by Crippen LogP contribution is 2.16. The summed E-state index contributed by atoms with van der Waals surface area (Å²) in [6, 6.07) is 6.93. The van der Waals surface area contributed by atoms with Crippen LogP contribution in [-0.4, -0.2) is 12.3 Å². The van der Waals surface area contributed by atoms with Gasteiger partial charge in [-0.1, -0.05) is 15.9 Å². The number of rotatable bonds is 4. The fourth-order valence-corrected chi connectivity index (χ4v) is 1.13. The Morgan fingerprint density at radius 1 is 1.36 bits per heavy atom. The van der Waals surface area contributed by atoms with Gasteiger partial charge in [0.05, 0.1) is 6.42 Å². The molecule has 0 aromatic heterocycles. The van der Waals surface area contributed by atoms with Crippen LogP contribution in [0.25, 0.3) is 0 Å². The molecule has 0 aliphatic rings. The van der Waals surface area contributed by atoms with Crippen LogP contribution in [0.2, 0.25) is 0 Å². The maximum atomic E-state index is 11.1. The quantitative estimate of drug-likeness (QED) is 0.472. The lowest BCUT2D eigenvalue weighted by molar-refractivity contribution is -0.135. The van der Waals surface area contributed by atoms with Gasteiger partial charge >= 0.3 is 5.97 Å². The molecule has 1 rings (SSSR count). The normalized spacial score (nSPS) is 9.50. The van der Waals surface area contributed by atoms with Crippen LogP contribution >= 0.6 is 15.9 Å². The summed E-state index contributed by atoms with van der Waals surface area (Å²) in [5.74, 6) is 0.100. The predicted octanol–water partition coefficient (Wildman–Crippen LogP) is 2.33. The summed E-state index contributed by atoms with van der Waals surface area (Å²) in [5, 5.41) is 0. The van der Waals surface area contributed by atoms with Crippen molar-refractivity contribution >= 4 is 28.2 Å². The first-order chi connectivity index (χ1) is 6.72. The van der Waals surface area contributed by atoms with Gasteiger partial charge in [0.15, 0.2) is 0 Å². The second-order valence-electron chi connectivity index (χ2n) is 2.63. The van der Waals surface area contributed by atoms with Gasteiger partial charge in [-0.3, -0.25) is 4.79 Å². The van der Waals surface area contributed by atoms with E-state index in [2.05, 4.69) is 15.9 Å². The molecule has 0 radical (unpaired) electrons. The maximum Gasteiger partial charge on any atom is 0.311 e. The molecule has 74 valence electrons. The summed E-state index contributed by atoms with van der Waals surface area (Å²) in [5.41, 5.74) is 0. The standard InChI is InChI=1S/C10H9BrO3/c11-8-3-5-9(6-4-8)14-10(13)2-1-7-12/h3-7H,1-2H2. The molecule has 0 N–H and O–H groups in total. The van der Waals surface area contributed by atoms with Crippen molar-refractivity contribution in [3.8, 4) is 5.75 Å². The minimum absolute atomic E-state index is 0.125. The van der Waals surface area contributed by atoms with Crippen molar-refractivity contribution < 1.29 is 14.3 Å². The summed E-state index contributed by atoms with van der Waals surface area (Å²) in [7, 11) is 0. The van der Waals surface area contributed by atoms with Gasteiger partial charge in [-0.15, -0.1) is 0 Å². The third-order valence-electron chi connectivity index (χ3n) is 1.51. The molecule has 1 aromatic rings. The lowest BCUT2D eigenvalue weighted by Gasteiger charge is -2.02. The number of aldehydes is 1. The van der Waals surface area contributed by atoms with Crippen molar-refractivity contribution in [2.45, 2.75) is 12.8 Å². The molecule has 0 amide bonds.